The van der Waals surface area contributed by atoms with Crippen molar-refractivity contribution in [3.63, 3.8) is 0 Å². The minimum Gasteiger partial charge on any atom is -0.493 e. The predicted molar refractivity (Wildman–Crippen MR) is 161 cm³/mol. The molecule has 8 heteroatoms. The third-order valence-electron chi connectivity index (χ3n) is 8.58. The molecule has 0 saturated carbocycles. The van der Waals surface area contributed by atoms with Crippen molar-refractivity contribution in [2.45, 2.75) is 63.8 Å². The highest BCUT2D eigenvalue weighted by atomic mass is 16.5. The molecule has 1 aromatic heterocycles. The summed E-state index contributed by atoms with van der Waals surface area (Å²) in [4.78, 5) is 35.3. The third-order valence-corrected chi connectivity index (χ3v) is 8.58. The molecule has 1 amide bonds. The quantitative estimate of drug-likeness (QED) is 0.257. The number of amides is 1. The Labute approximate surface area is 245 Å². The van der Waals surface area contributed by atoms with Crippen molar-refractivity contribution in [3.8, 4) is 5.75 Å². The maximum absolute atomic E-state index is 13.8. The standard InChI is InChI=1S/C33H48N4O4/c1-5-6-18-35(19-9-10-20-37(2,3)4)31(38)24-36-23-28(25-12-15-30-26(22-25)16-21-41-30)32(33(39)40)29(36)14-13-27-11-7-8-17-34-27/h7-8,11-12,15,17,22,28-29,32H,5-6,9-10,13-14,16,18-21,23-24H2,1-4H3/p+1/t28-,29+,32?/m1/s1. The number of carbonyl (C=O) groups is 2. The van der Waals surface area contributed by atoms with Crippen molar-refractivity contribution in [2.24, 2.45) is 5.92 Å². The van der Waals surface area contributed by atoms with Gasteiger partial charge in [-0.1, -0.05) is 31.5 Å². The maximum atomic E-state index is 13.8. The van der Waals surface area contributed by atoms with Gasteiger partial charge < -0.3 is 19.2 Å². The van der Waals surface area contributed by atoms with E-state index in [-0.39, 0.29) is 24.4 Å². The van der Waals surface area contributed by atoms with Gasteiger partial charge in [0.15, 0.2) is 0 Å². The monoisotopic (exact) mass is 565 g/mol. The Kier molecular flexibility index (Phi) is 10.8. The number of quaternary nitrogens is 1. The molecule has 2 aliphatic rings. The molecule has 0 aliphatic carbocycles. The topological polar surface area (TPSA) is 83.0 Å². The van der Waals surface area contributed by atoms with E-state index in [0.29, 0.717) is 26.0 Å². The molecule has 0 radical (unpaired) electrons. The Bertz CT molecular complexity index is 1150. The van der Waals surface area contributed by atoms with E-state index in [9.17, 15) is 14.7 Å². The first-order valence-electron chi connectivity index (χ1n) is 15.4. The molecule has 1 unspecified atom stereocenters. The maximum Gasteiger partial charge on any atom is 0.308 e. The summed E-state index contributed by atoms with van der Waals surface area (Å²) in [7, 11) is 6.59. The molecule has 1 aromatic carbocycles. The number of aryl methyl sites for hydroxylation is 1. The summed E-state index contributed by atoms with van der Waals surface area (Å²) in [6.45, 7) is 6.20. The fourth-order valence-corrected chi connectivity index (χ4v) is 6.34. The molecule has 1 saturated heterocycles. The average molecular weight is 566 g/mol. The number of fused-ring (bicyclic) bond motifs is 1. The van der Waals surface area contributed by atoms with Crippen LogP contribution in [0, 0.1) is 5.92 Å². The summed E-state index contributed by atoms with van der Waals surface area (Å²) >= 11 is 0. The van der Waals surface area contributed by atoms with Crippen LogP contribution in [0.1, 0.15) is 61.8 Å². The minimum absolute atomic E-state index is 0.110. The van der Waals surface area contributed by atoms with Gasteiger partial charge in [0, 0.05) is 49.9 Å². The van der Waals surface area contributed by atoms with Crippen LogP contribution in [0.4, 0.5) is 0 Å². The fourth-order valence-electron chi connectivity index (χ4n) is 6.34. The van der Waals surface area contributed by atoms with Crippen molar-refractivity contribution >= 4 is 11.9 Å². The van der Waals surface area contributed by atoms with Crippen molar-refractivity contribution in [2.75, 3.05) is 60.5 Å². The van der Waals surface area contributed by atoms with Crippen LogP contribution in [0.2, 0.25) is 0 Å². The predicted octanol–water partition coefficient (Wildman–Crippen LogP) is 4.23. The largest absolute Gasteiger partial charge is 0.493 e. The van der Waals surface area contributed by atoms with E-state index in [4.69, 9.17) is 4.74 Å². The van der Waals surface area contributed by atoms with Gasteiger partial charge in [0.1, 0.15) is 5.75 Å². The zero-order valence-electron chi connectivity index (χ0n) is 25.4. The van der Waals surface area contributed by atoms with Crippen molar-refractivity contribution in [1.29, 1.82) is 0 Å². The molecule has 1 fully saturated rings. The molecule has 0 spiro atoms. The van der Waals surface area contributed by atoms with Gasteiger partial charge in [0.25, 0.3) is 0 Å². The zero-order chi connectivity index (χ0) is 29.4. The fraction of sp³-hybridized carbons (Fsp3) is 0.606. The summed E-state index contributed by atoms with van der Waals surface area (Å²) in [6, 6.07) is 11.7. The van der Waals surface area contributed by atoms with Gasteiger partial charge in [-0.05, 0) is 61.4 Å². The number of ether oxygens (including phenoxy) is 1. The molecule has 41 heavy (non-hydrogen) atoms. The van der Waals surface area contributed by atoms with Gasteiger partial charge in [-0.3, -0.25) is 19.5 Å². The number of carboxylic acid groups (broad SMARTS) is 1. The number of pyridine rings is 1. The van der Waals surface area contributed by atoms with Crippen molar-refractivity contribution in [1.82, 2.24) is 14.8 Å². The van der Waals surface area contributed by atoms with Crippen LogP contribution >= 0.6 is 0 Å². The highest BCUT2D eigenvalue weighted by Gasteiger charge is 2.47. The van der Waals surface area contributed by atoms with E-state index in [1.165, 1.54) is 0 Å². The summed E-state index contributed by atoms with van der Waals surface area (Å²) in [5.41, 5.74) is 3.12. The van der Waals surface area contributed by atoms with E-state index >= 15 is 0 Å². The molecule has 3 heterocycles. The van der Waals surface area contributed by atoms with Crippen LogP contribution < -0.4 is 4.74 Å². The number of hydrogen-bond acceptors (Lipinski definition) is 5. The van der Waals surface area contributed by atoms with Gasteiger partial charge >= 0.3 is 5.97 Å². The number of rotatable bonds is 15. The number of aromatic nitrogens is 1. The number of carboxylic acids is 1. The third kappa shape index (κ3) is 8.52. The van der Waals surface area contributed by atoms with E-state index < -0.39 is 11.9 Å². The number of benzene rings is 1. The molecule has 4 rings (SSSR count). The van der Waals surface area contributed by atoms with Crippen molar-refractivity contribution in [3.05, 3.63) is 59.4 Å². The lowest BCUT2D eigenvalue weighted by Crippen LogP contribution is -2.45. The molecule has 2 aliphatic heterocycles. The number of likely N-dealkylation sites (tertiary alicyclic amines) is 1. The second-order valence-corrected chi connectivity index (χ2v) is 12.7. The van der Waals surface area contributed by atoms with Crippen LogP contribution in [0.25, 0.3) is 0 Å². The highest BCUT2D eigenvalue weighted by molar-refractivity contribution is 5.79. The first-order chi connectivity index (χ1) is 19.7. The van der Waals surface area contributed by atoms with Gasteiger partial charge in [-0.15, -0.1) is 0 Å². The summed E-state index contributed by atoms with van der Waals surface area (Å²) in [5, 5.41) is 10.5. The van der Waals surface area contributed by atoms with E-state index in [1.807, 2.05) is 35.2 Å². The van der Waals surface area contributed by atoms with E-state index in [0.717, 1.165) is 78.8 Å². The minimum atomic E-state index is -0.795. The van der Waals surface area contributed by atoms with Crippen LogP contribution in [-0.4, -0.2) is 103 Å². The number of hydrogen-bond donors (Lipinski definition) is 1. The highest BCUT2D eigenvalue weighted by Crippen LogP contribution is 2.41. The van der Waals surface area contributed by atoms with Crippen LogP contribution in [-0.2, 0) is 22.4 Å². The molecular weight excluding hydrogens is 516 g/mol. The van der Waals surface area contributed by atoms with Crippen LogP contribution in [0.5, 0.6) is 5.75 Å². The molecule has 1 N–H and O–H groups in total. The number of carbonyl (C=O) groups excluding carboxylic acids is 1. The normalized spacial score (nSPS) is 20.5. The first-order valence-corrected chi connectivity index (χ1v) is 15.4. The molecule has 224 valence electrons. The van der Waals surface area contributed by atoms with Crippen molar-refractivity contribution < 1.29 is 23.9 Å². The Morgan fingerprint density at radius 2 is 1.93 bits per heavy atom. The summed E-state index contributed by atoms with van der Waals surface area (Å²) in [6.07, 6.45) is 8.00. The molecule has 3 atom stereocenters. The number of nitrogens with zero attached hydrogens (tertiary/aromatic N) is 4. The lowest BCUT2D eigenvalue weighted by Gasteiger charge is -2.30. The summed E-state index contributed by atoms with van der Waals surface area (Å²) in [5.74, 6) is -0.571. The Morgan fingerprint density at radius 1 is 1.12 bits per heavy atom. The first kappa shape index (κ1) is 31.0. The average Bonchev–Trinajstić information content (AvgIpc) is 3.55. The Balaban J connectivity index is 1.54. The van der Waals surface area contributed by atoms with Gasteiger partial charge in [-0.2, -0.15) is 0 Å². The van der Waals surface area contributed by atoms with E-state index in [2.05, 4.69) is 44.0 Å². The van der Waals surface area contributed by atoms with Crippen LogP contribution in [0.15, 0.2) is 42.6 Å². The second-order valence-electron chi connectivity index (χ2n) is 12.7. The smallest absolute Gasteiger partial charge is 0.308 e. The zero-order valence-corrected chi connectivity index (χ0v) is 25.4. The lowest BCUT2D eigenvalue weighted by molar-refractivity contribution is -0.870. The summed E-state index contributed by atoms with van der Waals surface area (Å²) < 4.78 is 6.62. The SMILES string of the molecule is CCCCN(CCCC[N+](C)(C)C)C(=O)CN1C[C@H](c2ccc3c(c2)CCO3)C(C(=O)O)[C@@H]1CCc1ccccn1. The molecule has 2 aromatic rings. The number of unbranched alkanes of at least 4 members (excludes halogenated alkanes) is 2. The van der Waals surface area contributed by atoms with Gasteiger partial charge in [0.05, 0.1) is 46.8 Å². The second kappa shape index (κ2) is 14.3. The number of aliphatic carboxylic acids is 1. The van der Waals surface area contributed by atoms with Crippen LogP contribution in [0.3, 0.4) is 0 Å². The van der Waals surface area contributed by atoms with Gasteiger partial charge in [-0.25, -0.2) is 0 Å². The Morgan fingerprint density at radius 3 is 2.63 bits per heavy atom. The van der Waals surface area contributed by atoms with Gasteiger partial charge in [0.2, 0.25) is 5.91 Å². The molecular formula is C33H49N4O4+. The molecule has 8 nitrogen and oxygen atoms in total. The molecule has 0 bridgehead atoms. The van der Waals surface area contributed by atoms with E-state index in [1.54, 1.807) is 6.20 Å². The lowest BCUT2D eigenvalue weighted by atomic mass is 9.83. The Hall–Kier alpha value is -2.97.